The Morgan fingerprint density at radius 2 is 1.60 bits per heavy atom. The number of hydrogen-bond acceptors (Lipinski definition) is 4. The zero-order chi connectivity index (χ0) is 17.6. The Kier molecular flexibility index (Phi) is 5.23. The van der Waals surface area contributed by atoms with Gasteiger partial charge < -0.3 is 10.2 Å². The molecule has 128 valence electrons. The lowest BCUT2D eigenvalue weighted by atomic mass is 10.1. The summed E-state index contributed by atoms with van der Waals surface area (Å²) in [5, 5.41) is 3.07. The van der Waals surface area contributed by atoms with Crippen molar-refractivity contribution in [3.8, 4) is 11.3 Å². The maximum absolute atomic E-state index is 14.0. The molecule has 1 heterocycles. The minimum absolute atomic E-state index is 0.313. The van der Waals surface area contributed by atoms with E-state index in [1.807, 2.05) is 36.4 Å². The van der Waals surface area contributed by atoms with E-state index in [2.05, 4.69) is 29.0 Å². The molecule has 2 aromatic carbocycles. The number of rotatable bonds is 6. The zero-order valence-electron chi connectivity index (χ0n) is 14.4. The van der Waals surface area contributed by atoms with Crippen LogP contribution in [0.4, 0.5) is 21.8 Å². The van der Waals surface area contributed by atoms with Crippen molar-refractivity contribution in [1.82, 2.24) is 9.97 Å². The van der Waals surface area contributed by atoms with Crippen molar-refractivity contribution in [2.75, 3.05) is 23.3 Å². The van der Waals surface area contributed by atoms with Crippen LogP contribution in [0, 0.1) is 5.82 Å². The second-order valence-electron chi connectivity index (χ2n) is 5.58. The summed E-state index contributed by atoms with van der Waals surface area (Å²) < 4.78 is 14.0. The molecule has 0 radical (unpaired) electrons. The molecule has 25 heavy (non-hydrogen) atoms. The Labute approximate surface area is 147 Å². The van der Waals surface area contributed by atoms with Crippen molar-refractivity contribution in [3.05, 3.63) is 66.5 Å². The molecule has 0 saturated heterocycles. The zero-order valence-corrected chi connectivity index (χ0v) is 14.4. The fourth-order valence-corrected chi connectivity index (χ4v) is 2.60. The summed E-state index contributed by atoms with van der Waals surface area (Å²) in [6.07, 6.45) is 0. The molecule has 3 rings (SSSR count). The molecule has 0 atom stereocenters. The molecule has 4 nitrogen and oxygen atoms in total. The molecule has 1 aromatic heterocycles. The van der Waals surface area contributed by atoms with E-state index in [0.29, 0.717) is 17.5 Å². The SMILES string of the molecule is CCN(CC)c1nc(Nc2ccccc2F)cc(-c2ccccc2)n1. The number of benzene rings is 2. The molecule has 0 aliphatic carbocycles. The van der Waals surface area contributed by atoms with Gasteiger partial charge in [-0.2, -0.15) is 4.98 Å². The van der Waals surface area contributed by atoms with Crippen LogP contribution in [0.3, 0.4) is 0 Å². The Morgan fingerprint density at radius 3 is 2.28 bits per heavy atom. The number of para-hydroxylation sites is 1. The number of anilines is 3. The van der Waals surface area contributed by atoms with Crippen molar-refractivity contribution in [2.24, 2.45) is 0 Å². The van der Waals surface area contributed by atoms with Crippen molar-refractivity contribution in [1.29, 1.82) is 0 Å². The fraction of sp³-hybridized carbons (Fsp3) is 0.200. The van der Waals surface area contributed by atoms with Crippen molar-refractivity contribution in [3.63, 3.8) is 0 Å². The van der Waals surface area contributed by atoms with Gasteiger partial charge in [-0.05, 0) is 26.0 Å². The van der Waals surface area contributed by atoms with Crippen LogP contribution in [0.1, 0.15) is 13.8 Å². The minimum atomic E-state index is -0.313. The molecule has 1 N–H and O–H groups in total. The smallest absolute Gasteiger partial charge is 0.227 e. The maximum Gasteiger partial charge on any atom is 0.227 e. The Balaban J connectivity index is 2.05. The first-order valence-electron chi connectivity index (χ1n) is 8.42. The highest BCUT2D eigenvalue weighted by molar-refractivity contribution is 5.67. The Bertz CT molecular complexity index is 832. The molecule has 0 unspecified atom stereocenters. The second-order valence-corrected chi connectivity index (χ2v) is 5.58. The van der Waals surface area contributed by atoms with E-state index in [-0.39, 0.29) is 5.82 Å². The molecule has 0 amide bonds. The lowest BCUT2D eigenvalue weighted by Crippen LogP contribution is -2.24. The predicted molar refractivity (Wildman–Crippen MR) is 101 cm³/mol. The fourth-order valence-electron chi connectivity index (χ4n) is 2.60. The van der Waals surface area contributed by atoms with E-state index in [4.69, 9.17) is 4.98 Å². The number of halogens is 1. The largest absolute Gasteiger partial charge is 0.341 e. The molecular formula is C20H21FN4. The summed E-state index contributed by atoms with van der Waals surface area (Å²) >= 11 is 0. The predicted octanol–water partition coefficient (Wildman–Crippen LogP) is 4.87. The highest BCUT2D eigenvalue weighted by Gasteiger charge is 2.12. The summed E-state index contributed by atoms with van der Waals surface area (Å²) in [5.41, 5.74) is 2.19. The first kappa shape index (κ1) is 16.9. The molecular weight excluding hydrogens is 315 g/mol. The van der Waals surface area contributed by atoms with Crippen LogP contribution in [-0.2, 0) is 0 Å². The molecule has 0 spiro atoms. The normalized spacial score (nSPS) is 10.5. The topological polar surface area (TPSA) is 41.1 Å². The molecule has 0 bridgehead atoms. The number of hydrogen-bond donors (Lipinski definition) is 1. The van der Waals surface area contributed by atoms with Gasteiger partial charge in [0.05, 0.1) is 11.4 Å². The minimum Gasteiger partial charge on any atom is -0.341 e. The van der Waals surface area contributed by atoms with E-state index < -0.39 is 0 Å². The van der Waals surface area contributed by atoms with Gasteiger partial charge in [0.15, 0.2) is 0 Å². The van der Waals surface area contributed by atoms with Crippen LogP contribution in [0.2, 0.25) is 0 Å². The van der Waals surface area contributed by atoms with E-state index >= 15 is 0 Å². The lowest BCUT2D eigenvalue weighted by molar-refractivity contribution is 0.632. The van der Waals surface area contributed by atoms with Crippen LogP contribution >= 0.6 is 0 Å². The highest BCUT2D eigenvalue weighted by Crippen LogP contribution is 2.25. The summed E-state index contributed by atoms with van der Waals surface area (Å²) in [7, 11) is 0. The lowest BCUT2D eigenvalue weighted by Gasteiger charge is -2.20. The average Bonchev–Trinajstić information content (AvgIpc) is 2.65. The van der Waals surface area contributed by atoms with Crippen LogP contribution in [0.5, 0.6) is 0 Å². The molecule has 0 fully saturated rings. The van der Waals surface area contributed by atoms with Crippen molar-refractivity contribution < 1.29 is 4.39 Å². The first-order valence-corrected chi connectivity index (χ1v) is 8.42. The number of aromatic nitrogens is 2. The van der Waals surface area contributed by atoms with Gasteiger partial charge in [-0.15, -0.1) is 0 Å². The van der Waals surface area contributed by atoms with Crippen molar-refractivity contribution in [2.45, 2.75) is 13.8 Å². The molecule has 3 aromatic rings. The third-order valence-electron chi connectivity index (χ3n) is 3.97. The van der Waals surface area contributed by atoms with Crippen LogP contribution < -0.4 is 10.2 Å². The monoisotopic (exact) mass is 336 g/mol. The van der Waals surface area contributed by atoms with E-state index in [1.165, 1.54) is 6.07 Å². The molecule has 0 saturated carbocycles. The van der Waals surface area contributed by atoms with E-state index in [1.54, 1.807) is 18.2 Å². The Hall–Kier alpha value is -2.95. The Morgan fingerprint density at radius 1 is 0.920 bits per heavy atom. The summed E-state index contributed by atoms with van der Waals surface area (Å²) in [4.78, 5) is 11.3. The summed E-state index contributed by atoms with van der Waals surface area (Å²) in [6, 6.07) is 18.3. The number of nitrogens with one attached hydrogen (secondary N) is 1. The third-order valence-corrected chi connectivity index (χ3v) is 3.97. The summed E-state index contributed by atoms with van der Waals surface area (Å²) in [5.74, 6) is 0.887. The van der Waals surface area contributed by atoms with Gasteiger partial charge in [0.25, 0.3) is 0 Å². The number of nitrogens with zero attached hydrogens (tertiary/aromatic N) is 3. The maximum atomic E-state index is 14.0. The standard InChI is InChI=1S/C20H21FN4/c1-3-25(4-2)20-23-18(15-10-6-5-7-11-15)14-19(24-20)22-17-13-9-8-12-16(17)21/h5-14H,3-4H2,1-2H3,(H,22,23,24). The second kappa shape index (κ2) is 7.75. The van der Waals surface area contributed by atoms with E-state index in [0.717, 1.165) is 24.3 Å². The quantitative estimate of drug-likeness (QED) is 0.697. The highest BCUT2D eigenvalue weighted by atomic mass is 19.1. The van der Waals surface area contributed by atoms with Gasteiger partial charge >= 0.3 is 0 Å². The van der Waals surface area contributed by atoms with Gasteiger partial charge in [-0.1, -0.05) is 42.5 Å². The average molecular weight is 336 g/mol. The first-order chi connectivity index (χ1) is 12.2. The molecule has 5 heteroatoms. The molecule has 0 aliphatic heterocycles. The van der Waals surface area contributed by atoms with Crippen LogP contribution in [0.15, 0.2) is 60.7 Å². The van der Waals surface area contributed by atoms with Gasteiger partial charge in [0, 0.05) is 24.7 Å². The van der Waals surface area contributed by atoms with Gasteiger partial charge in [-0.3, -0.25) is 0 Å². The summed E-state index contributed by atoms with van der Waals surface area (Å²) in [6.45, 7) is 5.72. The third kappa shape index (κ3) is 3.94. The van der Waals surface area contributed by atoms with Gasteiger partial charge in [0.1, 0.15) is 11.6 Å². The van der Waals surface area contributed by atoms with E-state index in [9.17, 15) is 4.39 Å². The molecule has 0 aliphatic rings. The van der Waals surface area contributed by atoms with Crippen LogP contribution in [-0.4, -0.2) is 23.1 Å². The van der Waals surface area contributed by atoms with Crippen molar-refractivity contribution >= 4 is 17.5 Å². The van der Waals surface area contributed by atoms with Gasteiger partial charge in [0.2, 0.25) is 5.95 Å². The van der Waals surface area contributed by atoms with Gasteiger partial charge in [-0.25, -0.2) is 9.37 Å². The van der Waals surface area contributed by atoms with Crippen LogP contribution in [0.25, 0.3) is 11.3 Å².